The number of hydrogen-bond acceptors (Lipinski definition) is 5. The molecule has 6 nitrogen and oxygen atoms in total. The van der Waals surface area contributed by atoms with E-state index in [9.17, 15) is 14.7 Å². The number of amides is 2. The summed E-state index contributed by atoms with van der Waals surface area (Å²) in [6.07, 6.45) is 0.562. The normalized spacial score (nSPS) is 18.5. The quantitative estimate of drug-likeness (QED) is 0.379. The Morgan fingerprint density at radius 1 is 1.00 bits per heavy atom. The minimum atomic E-state index is -0.755. The first-order chi connectivity index (χ1) is 17.3. The molecule has 36 heavy (non-hydrogen) atoms. The molecule has 0 spiro atoms. The predicted molar refractivity (Wildman–Crippen MR) is 142 cm³/mol. The van der Waals surface area contributed by atoms with E-state index < -0.39 is 5.41 Å². The lowest BCUT2D eigenvalue weighted by Gasteiger charge is -2.31. The number of aromatic nitrogens is 1. The van der Waals surface area contributed by atoms with Crippen LogP contribution >= 0.6 is 11.5 Å². The molecule has 1 aromatic heterocycles. The molecule has 2 atom stereocenters. The Hall–Kier alpha value is -3.97. The van der Waals surface area contributed by atoms with Crippen molar-refractivity contribution in [3.63, 3.8) is 0 Å². The third kappa shape index (κ3) is 4.27. The first-order valence-corrected chi connectivity index (χ1v) is 12.6. The van der Waals surface area contributed by atoms with Crippen molar-refractivity contribution in [2.45, 2.75) is 19.3 Å². The molecule has 0 unspecified atom stereocenters. The van der Waals surface area contributed by atoms with Crippen LogP contribution in [-0.2, 0) is 11.2 Å². The molecule has 0 fully saturated rings. The van der Waals surface area contributed by atoms with Crippen LogP contribution in [0.1, 0.15) is 39.9 Å². The van der Waals surface area contributed by atoms with Gasteiger partial charge in [0.2, 0.25) is 5.91 Å². The summed E-state index contributed by atoms with van der Waals surface area (Å²) < 4.78 is 4.24. The smallest absolute Gasteiger partial charge is 0.253 e. The fraction of sp³-hybridized carbons (Fsp3) is 0.207. The summed E-state index contributed by atoms with van der Waals surface area (Å²) in [5.41, 5.74) is 4.93. The Balaban J connectivity index is 1.48. The number of anilines is 1. The zero-order chi connectivity index (χ0) is 25.4. The number of nitrogens with one attached hydrogen (secondary N) is 1. The van der Waals surface area contributed by atoms with Gasteiger partial charge in [-0.1, -0.05) is 42.5 Å². The molecule has 1 aliphatic rings. The van der Waals surface area contributed by atoms with Crippen LogP contribution in [0.5, 0.6) is 5.75 Å². The number of phenolic OH excluding ortho intramolecular Hbond substituents is 1. The molecule has 182 valence electrons. The zero-order valence-corrected chi connectivity index (χ0v) is 21.2. The molecule has 0 radical (unpaired) electrons. The Morgan fingerprint density at radius 3 is 2.28 bits per heavy atom. The number of benzene rings is 3. The molecule has 3 aromatic carbocycles. The number of carbonyl (C=O) groups excluding carboxylic acids is 2. The number of rotatable bonds is 5. The molecule has 5 rings (SSSR count). The number of hydrogen-bond donors (Lipinski definition) is 2. The largest absolute Gasteiger partial charge is 0.508 e. The van der Waals surface area contributed by atoms with Crippen LogP contribution in [0, 0.1) is 5.41 Å². The molecule has 2 amide bonds. The lowest BCUT2D eigenvalue weighted by molar-refractivity contribution is -0.125. The molecule has 0 saturated carbocycles. The van der Waals surface area contributed by atoms with E-state index in [1.807, 2.05) is 66.9 Å². The molecule has 0 bridgehead atoms. The van der Waals surface area contributed by atoms with E-state index in [0.29, 0.717) is 17.8 Å². The maximum atomic E-state index is 13.6. The van der Waals surface area contributed by atoms with Gasteiger partial charge in [0.1, 0.15) is 11.6 Å². The van der Waals surface area contributed by atoms with Gasteiger partial charge in [0, 0.05) is 31.0 Å². The second-order valence-corrected chi connectivity index (χ2v) is 10.3. The lowest BCUT2D eigenvalue weighted by Crippen LogP contribution is -2.37. The van der Waals surface area contributed by atoms with Crippen LogP contribution < -0.4 is 5.32 Å². The van der Waals surface area contributed by atoms with E-state index in [-0.39, 0.29) is 23.5 Å². The summed E-state index contributed by atoms with van der Waals surface area (Å²) in [4.78, 5) is 27.3. The van der Waals surface area contributed by atoms with Crippen LogP contribution in [0.4, 0.5) is 5.82 Å². The van der Waals surface area contributed by atoms with Crippen LogP contribution in [0.15, 0.2) is 78.2 Å². The molecular weight excluding hydrogens is 470 g/mol. The van der Waals surface area contributed by atoms with E-state index >= 15 is 0 Å². The van der Waals surface area contributed by atoms with Gasteiger partial charge in [-0.3, -0.25) is 9.59 Å². The van der Waals surface area contributed by atoms with Gasteiger partial charge in [-0.2, -0.15) is 4.37 Å². The van der Waals surface area contributed by atoms with E-state index in [1.165, 1.54) is 11.5 Å². The second-order valence-electron chi connectivity index (χ2n) is 9.65. The molecule has 2 N–H and O–H groups in total. The number of nitrogens with zero attached hydrogens (tertiary/aromatic N) is 2. The van der Waals surface area contributed by atoms with Crippen molar-refractivity contribution < 1.29 is 14.7 Å². The second kappa shape index (κ2) is 9.24. The summed E-state index contributed by atoms with van der Waals surface area (Å²) in [5, 5.41) is 15.0. The van der Waals surface area contributed by atoms with Crippen LogP contribution in [0.25, 0.3) is 11.1 Å². The molecule has 1 aliphatic carbocycles. The Kier molecular flexibility index (Phi) is 6.10. The van der Waals surface area contributed by atoms with Crippen LogP contribution in [0.3, 0.4) is 0 Å². The fourth-order valence-corrected chi connectivity index (χ4v) is 5.55. The van der Waals surface area contributed by atoms with Gasteiger partial charge in [-0.15, -0.1) is 0 Å². The van der Waals surface area contributed by atoms with Crippen molar-refractivity contribution >= 4 is 29.2 Å². The van der Waals surface area contributed by atoms with Gasteiger partial charge < -0.3 is 15.3 Å². The number of fused-ring (bicyclic) bond motifs is 1. The van der Waals surface area contributed by atoms with E-state index in [0.717, 1.165) is 27.8 Å². The first-order valence-electron chi connectivity index (χ1n) is 11.7. The number of aromatic hydroxyl groups is 1. The van der Waals surface area contributed by atoms with Crippen molar-refractivity contribution in [1.82, 2.24) is 9.27 Å². The summed E-state index contributed by atoms with van der Waals surface area (Å²) in [6.45, 7) is 1.98. The summed E-state index contributed by atoms with van der Waals surface area (Å²) in [5.74, 6) is 0.379. The highest BCUT2D eigenvalue weighted by Crippen LogP contribution is 2.52. The molecule has 7 heteroatoms. The predicted octanol–water partition coefficient (Wildman–Crippen LogP) is 5.55. The van der Waals surface area contributed by atoms with Crippen LogP contribution in [-0.4, -0.2) is 40.3 Å². The van der Waals surface area contributed by atoms with Gasteiger partial charge in [0.15, 0.2) is 0 Å². The maximum Gasteiger partial charge on any atom is 0.253 e. The van der Waals surface area contributed by atoms with E-state index in [4.69, 9.17) is 0 Å². The van der Waals surface area contributed by atoms with Crippen LogP contribution in [0.2, 0.25) is 0 Å². The highest BCUT2D eigenvalue weighted by atomic mass is 32.1. The Morgan fingerprint density at radius 2 is 1.67 bits per heavy atom. The highest BCUT2D eigenvalue weighted by Gasteiger charge is 2.49. The summed E-state index contributed by atoms with van der Waals surface area (Å²) in [7, 11) is 3.47. The third-order valence-electron chi connectivity index (χ3n) is 6.95. The van der Waals surface area contributed by atoms with Crippen molar-refractivity contribution in [1.29, 1.82) is 0 Å². The zero-order valence-electron chi connectivity index (χ0n) is 20.4. The number of phenols is 1. The minimum Gasteiger partial charge on any atom is -0.508 e. The average molecular weight is 498 g/mol. The van der Waals surface area contributed by atoms with Gasteiger partial charge in [0.05, 0.1) is 5.41 Å². The monoisotopic (exact) mass is 497 g/mol. The van der Waals surface area contributed by atoms with E-state index in [1.54, 1.807) is 37.2 Å². The van der Waals surface area contributed by atoms with Gasteiger partial charge >= 0.3 is 0 Å². The van der Waals surface area contributed by atoms with Gasteiger partial charge in [0.25, 0.3) is 5.91 Å². The molecule has 4 aromatic rings. The van der Waals surface area contributed by atoms with E-state index in [2.05, 4.69) is 9.69 Å². The average Bonchev–Trinajstić information content (AvgIpc) is 3.49. The molecule has 0 aliphatic heterocycles. The van der Waals surface area contributed by atoms with Crippen molar-refractivity contribution in [3.05, 3.63) is 100 Å². The topological polar surface area (TPSA) is 82.5 Å². The maximum absolute atomic E-state index is 13.6. The molecule has 1 heterocycles. The molecule has 0 saturated heterocycles. The minimum absolute atomic E-state index is 0.0322. The Labute approximate surface area is 214 Å². The standard InChI is InChI=1S/C29H27N3O3S/c1-29(28(35)30-25-14-15-36-31-25)17-22-12-13-23(33)16-24(22)26(29)20-8-4-18(5-9-20)19-6-10-21(11-7-19)27(34)32(2)3/h4-16,26,33H,17H2,1-3H3,(H,30,31,35)/t26-,29+/m1/s1. The highest BCUT2D eigenvalue weighted by molar-refractivity contribution is 7.03. The molecular formula is C29H27N3O3S. The first kappa shape index (κ1) is 23.8. The van der Waals surface area contributed by atoms with Crippen molar-refractivity contribution in [2.75, 3.05) is 19.4 Å². The Bertz CT molecular complexity index is 1410. The fourth-order valence-electron chi connectivity index (χ4n) is 5.08. The van der Waals surface area contributed by atoms with Gasteiger partial charge in [-0.05, 0) is 83.0 Å². The summed E-state index contributed by atoms with van der Waals surface area (Å²) >= 11 is 1.29. The number of carbonyl (C=O) groups is 2. The van der Waals surface area contributed by atoms with Crippen molar-refractivity contribution in [2.24, 2.45) is 5.41 Å². The lowest BCUT2D eigenvalue weighted by atomic mass is 9.73. The summed E-state index contributed by atoms with van der Waals surface area (Å²) in [6, 6.07) is 22.9. The van der Waals surface area contributed by atoms with Gasteiger partial charge in [-0.25, -0.2) is 0 Å². The third-order valence-corrected chi connectivity index (χ3v) is 7.51. The SMILES string of the molecule is CN(C)C(=O)c1ccc(-c2ccc([C@@H]3c4cc(O)ccc4C[C@]3(C)C(=O)Nc3ccsn3)cc2)cc1. The van der Waals surface area contributed by atoms with Crippen molar-refractivity contribution in [3.8, 4) is 16.9 Å².